The number of aromatic hydroxyl groups is 1. The number of carbonyl (C=O) groups is 11. The SMILES string of the molecule is CN=C(N)NCCC[C@H](CC(=O)[C@H](CC(C)C)NC(=O)NCC(=O)[C@H](Cc1ccccc1)NC(=O)[C@@H](CC(=O)[C@H](CC(N)=O)NC(=O)CN(C)C(=O)[C@@H](Cc1ccc(O)cc1)NC(C)=O)[C@@H](C)O)C(=O)N[C@@H](Cc1c[nH]c2ccccc12)C(N)=O. The van der Waals surface area contributed by atoms with Gasteiger partial charge in [-0.1, -0.05) is 74.5 Å². The molecule has 85 heavy (non-hydrogen) atoms. The maximum absolute atomic E-state index is 14.2. The molecule has 0 fully saturated rings. The number of amides is 9. The molecule has 0 radical (unpaired) electrons. The summed E-state index contributed by atoms with van der Waals surface area (Å²) in [6.07, 6.45) is -1.14. The Labute approximate surface area is 493 Å². The molecule has 0 spiro atoms. The number of fused-ring (bicyclic) bond motifs is 1. The van der Waals surface area contributed by atoms with Gasteiger partial charge in [-0.05, 0) is 73.4 Å². The lowest BCUT2D eigenvalue weighted by Crippen LogP contribution is -2.53. The van der Waals surface area contributed by atoms with Crippen molar-refractivity contribution in [3.8, 4) is 5.75 Å². The van der Waals surface area contributed by atoms with Crippen LogP contribution < -0.4 is 54.4 Å². The summed E-state index contributed by atoms with van der Waals surface area (Å²) in [7, 11) is 2.77. The van der Waals surface area contributed by atoms with Crippen molar-refractivity contribution in [2.45, 2.75) is 122 Å². The second kappa shape index (κ2) is 33.8. The molecule has 26 nitrogen and oxygen atoms in total. The Morgan fingerprint density at radius 1 is 0.659 bits per heavy atom. The van der Waals surface area contributed by atoms with Gasteiger partial charge in [0.25, 0.3) is 0 Å². The van der Waals surface area contributed by atoms with E-state index in [1.165, 1.54) is 40.1 Å². The third kappa shape index (κ3) is 23.2. The molecule has 9 amide bonds. The predicted molar refractivity (Wildman–Crippen MR) is 315 cm³/mol. The number of Topliss-reactive ketones (excluding diaryl/α,β-unsaturated/α-hetero) is 3. The average Bonchev–Trinajstić information content (AvgIpc) is 4.15. The van der Waals surface area contributed by atoms with Crippen molar-refractivity contribution in [2.24, 2.45) is 39.9 Å². The van der Waals surface area contributed by atoms with Crippen molar-refractivity contribution >= 4 is 81.6 Å². The fourth-order valence-electron chi connectivity index (χ4n) is 9.40. The highest BCUT2D eigenvalue weighted by molar-refractivity contribution is 5.99. The molecule has 0 saturated heterocycles. The van der Waals surface area contributed by atoms with Gasteiger partial charge in [0.2, 0.25) is 41.4 Å². The van der Waals surface area contributed by atoms with Crippen molar-refractivity contribution in [1.82, 2.24) is 47.1 Å². The van der Waals surface area contributed by atoms with E-state index in [-0.39, 0.29) is 56.2 Å². The Morgan fingerprint density at radius 2 is 1.28 bits per heavy atom. The number of ketones is 3. The first-order valence-corrected chi connectivity index (χ1v) is 27.9. The molecule has 26 heteroatoms. The highest BCUT2D eigenvalue weighted by Gasteiger charge is 2.36. The van der Waals surface area contributed by atoms with E-state index in [4.69, 9.17) is 17.2 Å². The van der Waals surface area contributed by atoms with Crippen LogP contribution in [0.25, 0.3) is 10.9 Å². The Kier molecular flexibility index (Phi) is 27.2. The van der Waals surface area contributed by atoms with Gasteiger partial charge in [-0.2, -0.15) is 0 Å². The summed E-state index contributed by atoms with van der Waals surface area (Å²) in [5.41, 5.74) is 19.8. The molecule has 0 aliphatic rings. The van der Waals surface area contributed by atoms with Crippen molar-refractivity contribution in [1.29, 1.82) is 0 Å². The number of primary amides is 2. The number of urea groups is 1. The lowest BCUT2D eigenvalue weighted by atomic mass is 9.90. The number of phenols is 1. The molecule has 3 aromatic carbocycles. The van der Waals surface area contributed by atoms with E-state index in [1.807, 2.05) is 38.1 Å². The van der Waals surface area contributed by atoms with Crippen molar-refractivity contribution in [3.05, 3.63) is 102 Å². The van der Waals surface area contributed by atoms with E-state index in [2.05, 4.69) is 47.2 Å². The number of hydrogen-bond donors (Lipinski definition) is 13. The Morgan fingerprint density at radius 3 is 1.91 bits per heavy atom. The third-order valence-corrected chi connectivity index (χ3v) is 13.9. The predicted octanol–water partition coefficient (Wildman–Crippen LogP) is -0.192. The van der Waals surface area contributed by atoms with Crippen LogP contribution in [-0.4, -0.2) is 161 Å². The summed E-state index contributed by atoms with van der Waals surface area (Å²) in [6.45, 7) is 5.00. The molecule has 4 aromatic rings. The van der Waals surface area contributed by atoms with Crippen LogP contribution in [0.3, 0.4) is 0 Å². The minimum absolute atomic E-state index is 0.00316. The van der Waals surface area contributed by atoms with Crippen LogP contribution in [0.1, 0.15) is 82.9 Å². The monoisotopic (exact) mass is 1180 g/mol. The zero-order valence-electron chi connectivity index (χ0n) is 48.8. The van der Waals surface area contributed by atoms with E-state index in [0.29, 0.717) is 24.1 Å². The molecular formula is C59H81N13O13. The number of rotatable bonds is 35. The van der Waals surface area contributed by atoms with Gasteiger partial charge in [0, 0.05) is 76.3 Å². The number of carbonyl (C=O) groups excluding carboxylic acids is 11. The minimum Gasteiger partial charge on any atom is -0.508 e. The summed E-state index contributed by atoms with van der Waals surface area (Å²) in [4.78, 5) is 156. The molecule has 1 aromatic heterocycles. The largest absolute Gasteiger partial charge is 0.508 e. The number of benzene rings is 3. The summed E-state index contributed by atoms with van der Waals surface area (Å²) in [5, 5.41) is 39.6. The topological polar surface area (TPSA) is 422 Å². The molecule has 0 unspecified atom stereocenters. The second-order valence-electron chi connectivity index (χ2n) is 21.4. The number of para-hydroxylation sites is 1. The molecule has 0 aliphatic heterocycles. The van der Waals surface area contributed by atoms with Crippen LogP contribution in [-0.2, 0) is 67.2 Å². The van der Waals surface area contributed by atoms with Gasteiger partial charge in [-0.3, -0.25) is 52.9 Å². The number of hydrogen-bond acceptors (Lipinski definition) is 14. The van der Waals surface area contributed by atoms with Crippen LogP contribution in [0.4, 0.5) is 4.79 Å². The fourth-order valence-corrected chi connectivity index (χ4v) is 9.40. The Balaban J connectivity index is 1.46. The van der Waals surface area contributed by atoms with Crippen molar-refractivity contribution < 1.29 is 63.0 Å². The number of likely N-dealkylation sites (N-methyl/N-ethyl adjacent to an activating group) is 1. The Hall–Kier alpha value is -9.20. The highest BCUT2D eigenvalue weighted by Crippen LogP contribution is 2.22. The number of nitrogens with two attached hydrogens (primary N) is 3. The van der Waals surface area contributed by atoms with E-state index in [1.54, 1.807) is 48.7 Å². The van der Waals surface area contributed by atoms with Gasteiger partial charge in [-0.25, -0.2) is 4.79 Å². The van der Waals surface area contributed by atoms with E-state index >= 15 is 0 Å². The van der Waals surface area contributed by atoms with Gasteiger partial charge in [0.05, 0.1) is 49.7 Å². The molecular weight excluding hydrogens is 1100 g/mol. The first-order chi connectivity index (χ1) is 40.2. The average molecular weight is 1180 g/mol. The maximum atomic E-state index is 14.2. The zero-order chi connectivity index (χ0) is 62.9. The Bertz CT molecular complexity index is 3000. The first-order valence-electron chi connectivity index (χ1n) is 27.9. The van der Waals surface area contributed by atoms with Gasteiger partial charge in [-0.15, -0.1) is 0 Å². The molecule has 1 heterocycles. The normalized spacial score (nSPS) is 14.2. The van der Waals surface area contributed by atoms with Gasteiger partial charge in [0.15, 0.2) is 23.3 Å². The molecule has 0 bridgehead atoms. The number of H-pyrrole nitrogens is 1. The lowest BCUT2D eigenvalue weighted by molar-refractivity contribution is -0.139. The van der Waals surface area contributed by atoms with E-state index in [0.717, 1.165) is 21.4 Å². The minimum atomic E-state index is -1.64. The molecule has 460 valence electrons. The van der Waals surface area contributed by atoms with Gasteiger partial charge >= 0.3 is 6.03 Å². The van der Waals surface area contributed by atoms with Gasteiger partial charge in [0.1, 0.15) is 17.8 Å². The lowest BCUT2D eigenvalue weighted by Gasteiger charge is -2.26. The zero-order valence-corrected chi connectivity index (χ0v) is 48.8. The number of aliphatic imine (C=N–C) groups is 1. The van der Waals surface area contributed by atoms with Crippen LogP contribution in [0.15, 0.2) is 90.1 Å². The molecule has 16 N–H and O–H groups in total. The van der Waals surface area contributed by atoms with Crippen LogP contribution in [0.5, 0.6) is 5.75 Å². The van der Waals surface area contributed by atoms with Crippen LogP contribution in [0, 0.1) is 17.8 Å². The number of aromatic nitrogens is 1. The fraction of sp³-hybridized carbons (Fsp3) is 0.458. The quantitative estimate of drug-likeness (QED) is 0.0161. The number of aromatic amines is 1. The molecule has 0 saturated carbocycles. The number of phenolic OH excluding ortho intramolecular Hbond substituents is 1. The molecule has 8 atom stereocenters. The summed E-state index contributed by atoms with van der Waals surface area (Å²) >= 11 is 0. The highest BCUT2D eigenvalue weighted by atomic mass is 16.3. The molecule has 4 rings (SSSR count). The van der Waals surface area contributed by atoms with Crippen molar-refractivity contribution in [2.75, 3.05) is 33.7 Å². The van der Waals surface area contributed by atoms with Crippen molar-refractivity contribution in [3.63, 3.8) is 0 Å². The van der Waals surface area contributed by atoms with Gasteiger partial charge < -0.3 is 74.5 Å². The van der Waals surface area contributed by atoms with Crippen LogP contribution >= 0.6 is 0 Å². The first kappa shape index (κ1) is 68.3. The number of aliphatic hydroxyl groups is 1. The standard InChI is InChI=1S/C59H81N13O13/c1-33(2)23-44(49(76)27-38(15-12-22-64-58(62)63-5)55(82)70-47(54(61)81)26-39-30-65-43-17-11-10-16-41(39)43)71-59(85)66-31-51(78)45(24-36-13-8-7-9-14-36)69-56(83)42(34(3)73)28-50(77)46(29-52(60)79)68-53(80)32-72(6)57(84)48(67-35(4)74)25-37-18-20-40(75)21-19-37/h7-11,13-14,16-21,30,33-34,38,42,44-48,65,73,75H,12,15,22-29,31-32H2,1-6H3,(H2,60,79)(H2,61,81)(H,67,74)(H,68,80)(H,69,83)(H,70,82)(H3,62,63,64)(H2,66,71,85)/t34-,38-,42+,44+,45+,46+,47+,48-/m1/s1. The van der Waals surface area contributed by atoms with Crippen LogP contribution in [0.2, 0.25) is 0 Å². The number of nitrogens with zero attached hydrogens (tertiary/aromatic N) is 2. The summed E-state index contributed by atoms with van der Waals surface area (Å²) in [6, 6.07) is 14.4. The second-order valence-corrected chi connectivity index (χ2v) is 21.4. The summed E-state index contributed by atoms with van der Waals surface area (Å²) < 4.78 is 0. The van der Waals surface area contributed by atoms with E-state index < -0.39 is 139 Å². The molecule has 0 aliphatic carbocycles. The number of aliphatic hydroxyl groups excluding tert-OH is 1. The number of guanidine groups is 1. The smallest absolute Gasteiger partial charge is 0.315 e. The number of nitrogens with one attached hydrogen (secondary N) is 8. The maximum Gasteiger partial charge on any atom is 0.315 e. The third-order valence-electron chi connectivity index (χ3n) is 13.9. The summed E-state index contributed by atoms with van der Waals surface area (Å²) in [5.74, 6) is -10.3. The van der Waals surface area contributed by atoms with E-state index in [9.17, 15) is 63.0 Å².